The Kier molecular flexibility index (Phi) is 4.85. The molecule has 160 valence electrons. The Morgan fingerprint density at radius 3 is 2.87 bits per heavy atom. The van der Waals surface area contributed by atoms with Crippen molar-refractivity contribution in [3.8, 4) is 0 Å². The molecule has 0 amide bonds. The number of nitrogens with one attached hydrogen (secondary N) is 4. The highest BCUT2D eigenvalue weighted by atomic mass is 15.2. The Morgan fingerprint density at radius 1 is 1.00 bits per heavy atom. The average Bonchev–Trinajstić information content (AvgIpc) is 3.45. The molecule has 2 atom stereocenters. The first-order valence-electron chi connectivity index (χ1n) is 11.5. The van der Waals surface area contributed by atoms with Crippen LogP contribution in [0.2, 0.25) is 0 Å². The van der Waals surface area contributed by atoms with Crippen molar-refractivity contribution in [3.63, 3.8) is 0 Å². The number of rotatable bonds is 4. The molecule has 0 spiro atoms. The number of nitrogens with zero attached hydrogens (tertiary/aromatic N) is 3. The summed E-state index contributed by atoms with van der Waals surface area (Å²) in [6.07, 6.45) is 7.14. The lowest BCUT2D eigenvalue weighted by molar-refractivity contribution is 0.119. The van der Waals surface area contributed by atoms with Crippen molar-refractivity contribution in [2.75, 3.05) is 31.5 Å². The average molecular weight is 416 g/mol. The van der Waals surface area contributed by atoms with Crippen LogP contribution >= 0.6 is 0 Å². The topological polar surface area (TPSA) is 84.7 Å². The molecule has 0 aliphatic carbocycles. The van der Waals surface area contributed by atoms with E-state index < -0.39 is 0 Å². The Morgan fingerprint density at radius 2 is 1.94 bits per heavy atom. The van der Waals surface area contributed by atoms with Crippen LogP contribution in [-0.4, -0.2) is 57.3 Å². The lowest BCUT2D eigenvalue weighted by Crippen LogP contribution is -2.50. The molecule has 7 nitrogen and oxygen atoms in total. The van der Waals surface area contributed by atoms with Gasteiger partial charge in [-0.25, -0.2) is 4.98 Å². The van der Waals surface area contributed by atoms with Crippen LogP contribution in [0.25, 0.3) is 21.9 Å². The van der Waals surface area contributed by atoms with E-state index in [4.69, 9.17) is 4.98 Å². The second-order valence-electron chi connectivity index (χ2n) is 8.92. The number of fused-ring (bicyclic) bond motifs is 2. The molecule has 4 heterocycles. The fourth-order valence-corrected chi connectivity index (χ4v) is 5.35. The van der Waals surface area contributed by atoms with Gasteiger partial charge in [0.25, 0.3) is 0 Å². The van der Waals surface area contributed by atoms with E-state index in [-0.39, 0.29) is 0 Å². The summed E-state index contributed by atoms with van der Waals surface area (Å²) in [5, 5.41) is 15.2. The van der Waals surface area contributed by atoms with Crippen LogP contribution in [0.4, 0.5) is 11.6 Å². The third-order valence-electron chi connectivity index (χ3n) is 6.94. The highest BCUT2D eigenvalue weighted by Gasteiger charge is 2.32. The minimum Gasteiger partial charge on any atom is -0.326 e. The van der Waals surface area contributed by atoms with E-state index in [0.29, 0.717) is 12.0 Å². The van der Waals surface area contributed by atoms with Crippen LogP contribution in [0.5, 0.6) is 0 Å². The summed E-state index contributed by atoms with van der Waals surface area (Å²) >= 11 is 0. The summed E-state index contributed by atoms with van der Waals surface area (Å²) in [6.45, 7) is 4.68. The number of likely N-dealkylation sites (tertiary alicyclic amines) is 1. The second kappa shape index (κ2) is 7.98. The number of aromatic nitrogens is 4. The van der Waals surface area contributed by atoms with Crippen LogP contribution in [0.15, 0.2) is 42.6 Å². The molecule has 2 aliphatic rings. The van der Waals surface area contributed by atoms with Crippen molar-refractivity contribution in [2.45, 2.75) is 37.6 Å². The quantitative estimate of drug-likeness (QED) is 0.403. The first-order chi connectivity index (χ1) is 15.3. The third kappa shape index (κ3) is 3.68. The smallest absolute Gasteiger partial charge is 0.205 e. The van der Waals surface area contributed by atoms with Gasteiger partial charge in [0.15, 0.2) is 0 Å². The molecule has 2 aliphatic heterocycles. The van der Waals surface area contributed by atoms with Gasteiger partial charge in [0.05, 0.1) is 22.7 Å². The van der Waals surface area contributed by atoms with Gasteiger partial charge in [-0.05, 0) is 74.8 Å². The molecule has 2 saturated heterocycles. The second-order valence-corrected chi connectivity index (χ2v) is 8.92. The number of aromatic amines is 2. The summed E-state index contributed by atoms with van der Waals surface area (Å²) < 4.78 is 0. The van der Waals surface area contributed by atoms with Gasteiger partial charge in [0.1, 0.15) is 0 Å². The predicted octanol–water partition coefficient (Wildman–Crippen LogP) is 4.11. The molecule has 0 radical (unpaired) electrons. The molecule has 2 fully saturated rings. The lowest BCUT2D eigenvalue weighted by atomic mass is 9.85. The van der Waals surface area contributed by atoms with Gasteiger partial charge in [-0.1, -0.05) is 12.5 Å². The van der Waals surface area contributed by atoms with Gasteiger partial charge in [-0.3, -0.25) is 10.00 Å². The maximum Gasteiger partial charge on any atom is 0.205 e. The molecule has 2 aromatic heterocycles. The normalized spacial score (nSPS) is 22.8. The standard InChI is InChI=1S/C24H29N7/c1-2-10-31(11-3-1)23-8-9-25-15-19(23)16-4-6-21-22(13-16)29-24(28-21)27-18-5-7-20-17(12-18)14-26-30-20/h4-7,12-14,19,23,25H,1-3,8-11,15H2,(H,26,30)(H2,27,28,29). The van der Waals surface area contributed by atoms with Crippen molar-refractivity contribution >= 4 is 33.6 Å². The molecule has 31 heavy (non-hydrogen) atoms. The van der Waals surface area contributed by atoms with E-state index in [9.17, 15) is 0 Å². The summed E-state index contributed by atoms with van der Waals surface area (Å²) in [4.78, 5) is 11.0. The first kappa shape index (κ1) is 18.8. The maximum absolute atomic E-state index is 4.75. The number of anilines is 2. The lowest BCUT2D eigenvalue weighted by Gasteiger charge is -2.42. The first-order valence-corrected chi connectivity index (χ1v) is 11.5. The maximum atomic E-state index is 4.75. The summed E-state index contributed by atoms with van der Waals surface area (Å²) in [5.74, 6) is 1.30. The number of hydrogen-bond acceptors (Lipinski definition) is 5. The van der Waals surface area contributed by atoms with Crippen LogP contribution in [0.3, 0.4) is 0 Å². The van der Waals surface area contributed by atoms with E-state index in [1.165, 1.54) is 44.3 Å². The molecule has 0 saturated carbocycles. The van der Waals surface area contributed by atoms with Gasteiger partial charge in [0.2, 0.25) is 5.95 Å². The number of hydrogen-bond donors (Lipinski definition) is 4. The van der Waals surface area contributed by atoms with Crippen molar-refractivity contribution in [3.05, 3.63) is 48.2 Å². The summed E-state index contributed by atoms with van der Waals surface area (Å²) in [7, 11) is 0. The SMILES string of the molecule is c1cc2[nH]ncc2cc1Nc1nc2ccc(C3CNCCC3N3CCCCC3)cc2[nH]1. The molecule has 6 rings (SSSR count). The van der Waals surface area contributed by atoms with Crippen molar-refractivity contribution in [2.24, 2.45) is 0 Å². The third-order valence-corrected chi connectivity index (χ3v) is 6.94. The van der Waals surface area contributed by atoms with Crippen LogP contribution < -0.4 is 10.6 Å². The van der Waals surface area contributed by atoms with E-state index in [1.54, 1.807) is 0 Å². The van der Waals surface area contributed by atoms with Gasteiger partial charge in [-0.2, -0.15) is 5.10 Å². The van der Waals surface area contributed by atoms with Gasteiger partial charge in [-0.15, -0.1) is 0 Å². The largest absolute Gasteiger partial charge is 0.326 e. The molecular formula is C24H29N7. The summed E-state index contributed by atoms with van der Waals surface area (Å²) in [5.41, 5.74) is 5.52. The van der Waals surface area contributed by atoms with Crippen molar-refractivity contribution in [1.29, 1.82) is 0 Å². The van der Waals surface area contributed by atoms with Gasteiger partial charge >= 0.3 is 0 Å². The van der Waals surface area contributed by atoms with Gasteiger partial charge in [0, 0.05) is 29.6 Å². The van der Waals surface area contributed by atoms with E-state index in [2.05, 4.69) is 55.0 Å². The Hall–Kier alpha value is -2.90. The number of imidazole rings is 1. The molecule has 0 bridgehead atoms. The van der Waals surface area contributed by atoms with Crippen molar-refractivity contribution < 1.29 is 0 Å². The molecule has 7 heteroatoms. The fourth-order valence-electron chi connectivity index (χ4n) is 5.35. The monoisotopic (exact) mass is 415 g/mol. The number of benzene rings is 2. The zero-order valence-corrected chi connectivity index (χ0v) is 17.7. The molecule has 2 aromatic carbocycles. The van der Waals surface area contributed by atoms with E-state index >= 15 is 0 Å². The Bertz CT molecular complexity index is 1190. The van der Waals surface area contributed by atoms with E-state index in [1.807, 2.05) is 18.3 Å². The minimum absolute atomic E-state index is 0.527. The number of H-pyrrole nitrogens is 2. The highest BCUT2D eigenvalue weighted by Crippen LogP contribution is 2.32. The van der Waals surface area contributed by atoms with Crippen molar-refractivity contribution in [1.82, 2.24) is 30.4 Å². The van der Waals surface area contributed by atoms with Crippen LogP contribution in [0.1, 0.15) is 37.2 Å². The number of piperidine rings is 2. The highest BCUT2D eigenvalue weighted by molar-refractivity contribution is 5.84. The predicted molar refractivity (Wildman–Crippen MR) is 125 cm³/mol. The van der Waals surface area contributed by atoms with Gasteiger partial charge < -0.3 is 15.6 Å². The molecular weight excluding hydrogens is 386 g/mol. The summed E-state index contributed by atoms with van der Waals surface area (Å²) in [6, 6.07) is 13.5. The molecule has 2 unspecified atom stereocenters. The zero-order chi connectivity index (χ0) is 20.6. The minimum atomic E-state index is 0.527. The van der Waals surface area contributed by atoms with Crippen LogP contribution in [-0.2, 0) is 0 Å². The molecule has 4 N–H and O–H groups in total. The Balaban J connectivity index is 1.26. The fraction of sp³-hybridized carbons (Fsp3) is 0.417. The van der Waals surface area contributed by atoms with Crippen LogP contribution in [0, 0.1) is 0 Å². The molecule has 4 aromatic rings. The Labute approximate surface area is 181 Å². The zero-order valence-electron chi connectivity index (χ0n) is 17.7. The van der Waals surface area contributed by atoms with E-state index in [0.717, 1.165) is 46.7 Å².